The summed E-state index contributed by atoms with van der Waals surface area (Å²) < 4.78 is 14.7. The zero-order valence-corrected chi connectivity index (χ0v) is 18.1. The Morgan fingerprint density at radius 2 is 1.90 bits per heavy atom. The zero-order chi connectivity index (χ0) is 22.1. The number of anilines is 1. The molecule has 1 aliphatic rings. The maximum Gasteiger partial charge on any atom is 0.191 e. The minimum Gasteiger partial charge on any atom is -0.396 e. The fourth-order valence-electron chi connectivity index (χ4n) is 3.76. The molecule has 2 aromatic carbocycles. The van der Waals surface area contributed by atoms with Crippen LogP contribution in [-0.4, -0.2) is 55.1 Å². The molecular formula is C24H33FN4O2. The van der Waals surface area contributed by atoms with E-state index in [1.54, 1.807) is 6.07 Å². The van der Waals surface area contributed by atoms with Crippen LogP contribution in [0.3, 0.4) is 0 Å². The van der Waals surface area contributed by atoms with Crippen molar-refractivity contribution in [3.8, 4) is 0 Å². The average Bonchev–Trinajstić information content (AvgIpc) is 2.79. The van der Waals surface area contributed by atoms with Gasteiger partial charge in [-0.1, -0.05) is 36.4 Å². The third kappa shape index (κ3) is 6.67. The second kappa shape index (κ2) is 11.7. The number of hydrogen-bond donors (Lipinski definition) is 4. The molecule has 1 aliphatic heterocycles. The lowest BCUT2D eigenvalue weighted by Gasteiger charge is -2.31. The number of guanidine groups is 1. The van der Waals surface area contributed by atoms with E-state index >= 15 is 0 Å². The van der Waals surface area contributed by atoms with Crippen molar-refractivity contribution < 1.29 is 14.6 Å². The Kier molecular flexibility index (Phi) is 8.67. The SMILES string of the molecule is CCNC(=NCc1ccc(N2CCC(O)CC2)c(F)c1)NCC(CO)c1ccccc1. The van der Waals surface area contributed by atoms with Crippen LogP contribution in [0.4, 0.5) is 10.1 Å². The van der Waals surface area contributed by atoms with Gasteiger partial charge in [0.15, 0.2) is 5.96 Å². The number of nitrogens with one attached hydrogen (secondary N) is 2. The lowest BCUT2D eigenvalue weighted by Crippen LogP contribution is -2.40. The molecule has 1 atom stereocenters. The first kappa shape index (κ1) is 23.0. The highest BCUT2D eigenvalue weighted by Gasteiger charge is 2.19. The maximum absolute atomic E-state index is 14.7. The van der Waals surface area contributed by atoms with E-state index in [0.717, 1.165) is 11.1 Å². The summed E-state index contributed by atoms with van der Waals surface area (Å²) >= 11 is 0. The van der Waals surface area contributed by atoms with Crippen LogP contribution in [0.2, 0.25) is 0 Å². The van der Waals surface area contributed by atoms with Gasteiger partial charge in [0.1, 0.15) is 5.82 Å². The summed E-state index contributed by atoms with van der Waals surface area (Å²) in [5.41, 5.74) is 2.44. The minimum atomic E-state index is -0.280. The molecule has 0 amide bonds. The summed E-state index contributed by atoms with van der Waals surface area (Å²) in [5.74, 6) is 0.336. The number of benzene rings is 2. The normalized spacial score (nSPS) is 16.3. The van der Waals surface area contributed by atoms with Crippen molar-refractivity contribution in [3.05, 3.63) is 65.5 Å². The smallest absolute Gasteiger partial charge is 0.191 e. The lowest BCUT2D eigenvalue weighted by atomic mass is 10.0. The molecule has 6 nitrogen and oxygen atoms in total. The van der Waals surface area contributed by atoms with Crippen LogP contribution in [0.15, 0.2) is 53.5 Å². The van der Waals surface area contributed by atoms with Gasteiger partial charge in [0, 0.05) is 32.1 Å². The molecule has 2 aromatic rings. The Balaban J connectivity index is 1.61. The first-order chi connectivity index (χ1) is 15.1. The quantitative estimate of drug-likeness (QED) is 0.384. The van der Waals surface area contributed by atoms with Crippen LogP contribution < -0.4 is 15.5 Å². The summed E-state index contributed by atoms with van der Waals surface area (Å²) in [5, 5.41) is 25.9. The third-order valence-electron chi connectivity index (χ3n) is 5.59. The first-order valence-corrected chi connectivity index (χ1v) is 11.0. The number of rotatable bonds is 8. The van der Waals surface area contributed by atoms with Crippen LogP contribution in [0.1, 0.15) is 36.8 Å². The van der Waals surface area contributed by atoms with Gasteiger partial charge in [-0.25, -0.2) is 9.38 Å². The van der Waals surface area contributed by atoms with E-state index in [9.17, 15) is 14.6 Å². The molecular weight excluding hydrogens is 395 g/mol. The van der Waals surface area contributed by atoms with Crippen LogP contribution in [0.5, 0.6) is 0 Å². The summed E-state index contributed by atoms with van der Waals surface area (Å²) in [4.78, 5) is 6.56. The Bertz CT molecular complexity index is 839. The molecule has 7 heteroatoms. The van der Waals surface area contributed by atoms with Crippen molar-refractivity contribution >= 4 is 11.6 Å². The second-order valence-electron chi connectivity index (χ2n) is 7.87. The van der Waals surface area contributed by atoms with Crippen molar-refractivity contribution in [1.82, 2.24) is 10.6 Å². The molecule has 0 spiro atoms. The molecule has 31 heavy (non-hydrogen) atoms. The van der Waals surface area contributed by atoms with Gasteiger partial charge in [-0.2, -0.15) is 0 Å². The zero-order valence-electron chi connectivity index (χ0n) is 18.1. The number of hydrogen-bond acceptors (Lipinski definition) is 4. The minimum absolute atomic E-state index is 0.0372. The molecule has 0 bridgehead atoms. The highest BCUT2D eigenvalue weighted by atomic mass is 19.1. The average molecular weight is 429 g/mol. The Morgan fingerprint density at radius 1 is 1.16 bits per heavy atom. The summed E-state index contributed by atoms with van der Waals surface area (Å²) in [6.07, 6.45) is 1.06. The molecule has 0 saturated carbocycles. The Hall–Kier alpha value is -2.64. The second-order valence-corrected chi connectivity index (χ2v) is 7.87. The Labute approximate surface area is 183 Å². The van der Waals surface area contributed by atoms with Gasteiger partial charge in [0.25, 0.3) is 0 Å². The molecule has 1 saturated heterocycles. The number of nitrogens with zero attached hydrogens (tertiary/aromatic N) is 2. The van der Waals surface area contributed by atoms with E-state index in [-0.39, 0.29) is 24.4 Å². The highest BCUT2D eigenvalue weighted by molar-refractivity contribution is 5.79. The van der Waals surface area contributed by atoms with Gasteiger partial charge >= 0.3 is 0 Å². The molecule has 0 aliphatic carbocycles. The van der Waals surface area contributed by atoms with Gasteiger partial charge in [-0.05, 0) is 43.0 Å². The van der Waals surface area contributed by atoms with E-state index in [0.29, 0.717) is 57.2 Å². The van der Waals surface area contributed by atoms with E-state index in [2.05, 4.69) is 15.6 Å². The van der Waals surface area contributed by atoms with Gasteiger partial charge in [0.2, 0.25) is 0 Å². The summed E-state index contributed by atoms with van der Waals surface area (Å²) in [6, 6.07) is 15.1. The summed E-state index contributed by atoms with van der Waals surface area (Å²) in [7, 11) is 0. The van der Waals surface area contributed by atoms with Crippen LogP contribution in [0, 0.1) is 5.82 Å². The molecule has 1 unspecified atom stereocenters. The van der Waals surface area contributed by atoms with Crippen LogP contribution in [-0.2, 0) is 6.54 Å². The predicted octanol–water partition coefficient (Wildman–Crippen LogP) is 2.62. The van der Waals surface area contributed by atoms with Crippen molar-refractivity contribution in [2.45, 2.75) is 38.3 Å². The summed E-state index contributed by atoms with van der Waals surface area (Å²) in [6.45, 7) is 4.95. The highest BCUT2D eigenvalue weighted by Crippen LogP contribution is 2.24. The largest absolute Gasteiger partial charge is 0.396 e. The number of halogens is 1. The fraction of sp³-hybridized carbons (Fsp3) is 0.458. The molecule has 3 rings (SSSR count). The van der Waals surface area contributed by atoms with Gasteiger partial charge in [-0.15, -0.1) is 0 Å². The molecule has 0 radical (unpaired) electrons. The van der Waals surface area contributed by atoms with Crippen molar-refractivity contribution in [3.63, 3.8) is 0 Å². The Morgan fingerprint density at radius 3 is 2.55 bits per heavy atom. The number of aliphatic imine (C=N–C) groups is 1. The fourth-order valence-corrected chi connectivity index (χ4v) is 3.76. The van der Waals surface area contributed by atoms with Gasteiger partial charge in [-0.3, -0.25) is 0 Å². The van der Waals surface area contributed by atoms with Gasteiger partial charge in [0.05, 0.1) is 24.9 Å². The topological polar surface area (TPSA) is 80.1 Å². The van der Waals surface area contributed by atoms with E-state index in [1.165, 1.54) is 6.07 Å². The molecule has 1 fully saturated rings. The van der Waals surface area contributed by atoms with Crippen LogP contribution in [0.25, 0.3) is 0 Å². The maximum atomic E-state index is 14.7. The van der Waals surface area contributed by atoms with Crippen molar-refractivity contribution in [2.24, 2.45) is 4.99 Å². The van der Waals surface area contributed by atoms with Crippen molar-refractivity contribution in [1.29, 1.82) is 0 Å². The van der Waals surface area contributed by atoms with E-state index in [1.807, 2.05) is 48.2 Å². The van der Waals surface area contributed by atoms with Gasteiger partial charge < -0.3 is 25.7 Å². The third-order valence-corrected chi connectivity index (χ3v) is 5.59. The molecule has 1 heterocycles. The van der Waals surface area contributed by atoms with Crippen molar-refractivity contribution in [2.75, 3.05) is 37.7 Å². The molecule has 168 valence electrons. The van der Waals surface area contributed by atoms with E-state index < -0.39 is 0 Å². The standard InChI is InChI=1S/C24H33FN4O2/c1-2-26-24(28-16-20(17-30)19-6-4-3-5-7-19)27-15-18-8-9-23(22(25)14-18)29-12-10-21(31)11-13-29/h3-9,14,20-21,30-31H,2,10-13,15-17H2,1H3,(H2,26,27,28). The first-order valence-electron chi connectivity index (χ1n) is 11.0. The number of aliphatic hydroxyl groups is 2. The molecule has 4 N–H and O–H groups in total. The number of piperidine rings is 1. The number of aliphatic hydroxyl groups excluding tert-OH is 2. The van der Waals surface area contributed by atoms with E-state index in [4.69, 9.17) is 0 Å². The molecule has 0 aromatic heterocycles. The lowest BCUT2D eigenvalue weighted by molar-refractivity contribution is 0.145. The van der Waals surface area contributed by atoms with Crippen LogP contribution >= 0.6 is 0 Å². The monoisotopic (exact) mass is 428 g/mol. The predicted molar refractivity (Wildman–Crippen MR) is 123 cm³/mol.